The molecule has 1 aliphatic carbocycles. The van der Waals surface area contributed by atoms with Crippen LogP contribution in [0.3, 0.4) is 0 Å². The van der Waals surface area contributed by atoms with Gasteiger partial charge in [0.2, 0.25) is 5.91 Å². The number of hydrogen-bond acceptors (Lipinski definition) is 3. The third-order valence-corrected chi connectivity index (χ3v) is 3.68. The predicted molar refractivity (Wildman–Crippen MR) is 65.9 cm³/mol. The molecule has 15 heavy (non-hydrogen) atoms. The highest BCUT2D eigenvalue weighted by Crippen LogP contribution is 2.23. The first-order valence-corrected chi connectivity index (χ1v) is 7.17. The number of carbonyl (C=O) groups excluding carboxylic acids is 1. The number of nitrogens with two attached hydrogens (primary N) is 1. The van der Waals surface area contributed by atoms with Crippen molar-refractivity contribution in [1.82, 2.24) is 5.32 Å². The third kappa shape index (κ3) is 4.43. The Hall–Kier alpha value is -0.220. The van der Waals surface area contributed by atoms with Gasteiger partial charge in [0.05, 0.1) is 5.92 Å². The average Bonchev–Trinajstić information content (AvgIpc) is 2.64. The maximum Gasteiger partial charge on any atom is 0.224 e. The molecular formula is C11H22N2OS. The molecule has 2 atom stereocenters. The van der Waals surface area contributed by atoms with E-state index in [4.69, 9.17) is 5.73 Å². The lowest BCUT2D eigenvalue weighted by Crippen LogP contribution is -2.38. The van der Waals surface area contributed by atoms with E-state index in [1.54, 1.807) is 0 Å². The van der Waals surface area contributed by atoms with Gasteiger partial charge in [-0.2, -0.15) is 11.8 Å². The van der Waals surface area contributed by atoms with E-state index in [1.807, 2.05) is 11.8 Å². The van der Waals surface area contributed by atoms with E-state index in [0.717, 1.165) is 32.2 Å². The van der Waals surface area contributed by atoms with Crippen molar-refractivity contribution in [2.24, 2.45) is 11.7 Å². The largest absolute Gasteiger partial charge is 0.356 e. The van der Waals surface area contributed by atoms with Crippen molar-refractivity contribution in [3.63, 3.8) is 0 Å². The van der Waals surface area contributed by atoms with E-state index in [1.165, 1.54) is 12.2 Å². The van der Waals surface area contributed by atoms with Crippen LogP contribution in [0.5, 0.6) is 0 Å². The molecule has 0 aliphatic heterocycles. The highest BCUT2D eigenvalue weighted by molar-refractivity contribution is 7.98. The molecule has 88 valence electrons. The Morgan fingerprint density at radius 2 is 2.27 bits per heavy atom. The lowest BCUT2D eigenvalue weighted by atomic mass is 10.0. The van der Waals surface area contributed by atoms with Gasteiger partial charge in [0.15, 0.2) is 0 Å². The van der Waals surface area contributed by atoms with Gasteiger partial charge in [0, 0.05) is 12.6 Å². The SMILES string of the molecule is CSCCCCNC(=O)[C@@H]1CCC[C@H]1N. The van der Waals surface area contributed by atoms with Gasteiger partial charge in [0.1, 0.15) is 0 Å². The zero-order valence-electron chi connectivity index (χ0n) is 9.50. The van der Waals surface area contributed by atoms with Crippen molar-refractivity contribution in [3.05, 3.63) is 0 Å². The molecule has 0 aromatic rings. The van der Waals surface area contributed by atoms with Gasteiger partial charge in [-0.15, -0.1) is 0 Å². The Labute approximate surface area is 96.6 Å². The summed E-state index contributed by atoms with van der Waals surface area (Å²) in [6.45, 7) is 0.808. The van der Waals surface area contributed by atoms with Crippen LogP contribution in [0.2, 0.25) is 0 Å². The van der Waals surface area contributed by atoms with Gasteiger partial charge >= 0.3 is 0 Å². The smallest absolute Gasteiger partial charge is 0.224 e. The fourth-order valence-electron chi connectivity index (χ4n) is 2.03. The second kappa shape index (κ2) is 7.12. The number of amides is 1. The van der Waals surface area contributed by atoms with Crippen LogP contribution >= 0.6 is 11.8 Å². The maximum atomic E-state index is 11.7. The van der Waals surface area contributed by atoms with Crippen LogP contribution in [0.4, 0.5) is 0 Å². The second-order valence-corrected chi connectivity index (χ2v) is 5.18. The van der Waals surface area contributed by atoms with Gasteiger partial charge in [-0.25, -0.2) is 0 Å². The summed E-state index contributed by atoms with van der Waals surface area (Å²) in [7, 11) is 0. The van der Waals surface area contributed by atoms with Crippen LogP contribution in [0, 0.1) is 5.92 Å². The molecular weight excluding hydrogens is 208 g/mol. The van der Waals surface area contributed by atoms with E-state index in [9.17, 15) is 4.79 Å². The van der Waals surface area contributed by atoms with Gasteiger partial charge in [-0.1, -0.05) is 6.42 Å². The Morgan fingerprint density at radius 3 is 2.87 bits per heavy atom. The summed E-state index contributed by atoms with van der Waals surface area (Å²) < 4.78 is 0. The standard InChI is InChI=1S/C11H22N2OS/c1-15-8-3-2-7-13-11(14)9-5-4-6-10(9)12/h9-10H,2-8,12H2,1H3,(H,13,14)/t9-,10-/m1/s1. The quantitative estimate of drug-likeness (QED) is 0.678. The summed E-state index contributed by atoms with van der Waals surface area (Å²) >= 11 is 1.85. The van der Waals surface area contributed by atoms with Gasteiger partial charge < -0.3 is 11.1 Å². The van der Waals surface area contributed by atoms with Crippen LogP contribution < -0.4 is 11.1 Å². The van der Waals surface area contributed by atoms with Crippen LogP contribution in [0.15, 0.2) is 0 Å². The van der Waals surface area contributed by atoms with Gasteiger partial charge in [-0.05, 0) is 37.7 Å². The molecule has 3 nitrogen and oxygen atoms in total. The summed E-state index contributed by atoms with van der Waals surface area (Å²) in [5.41, 5.74) is 5.87. The summed E-state index contributed by atoms with van der Waals surface area (Å²) in [6, 6.07) is 0.0937. The molecule has 4 heteroatoms. The van der Waals surface area contributed by atoms with Crippen LogP contribution in [0.1, 0.15) is 32.1 Å². The van der Waals surface area contributed by atoms with E-state index in [-0.39, 0.29) is 17.9 Å². The van der Waals surface area contributed by atoms with E-state index >= 15 is 0 Å². The van der Waals surface area contributed by atoms with Crippen molar-refractivity contribution in [3.8, 4) is 0 Å². The second-order valence-electron chi connectivity index (χ2n) is 4.19. The highest BCUT2D eigenvalue weighted by Gasteiger charge is 2.29. The molecule has 0 bridgehead atoms. The third-order valence-electron chi connectivity index (χ3n) is 2.98. The lowest BCUT2D eigenvalue weighted by Gasteiger charge is -2.14. The fourth-order valence-corrected chi connectivity index (χ4v) is 2.52. The predicted octanol–water partition coefficient (Wildman–Crippen LogP) is 1.37. The molecule has 1 saturated carbocycles. The average molecular weight is 230 g/mol. The van der Waals surface area contributed by atoms with E-state index < -0.39 is 0 Å². The van der Waals surface area contributed by atoms with Crippen LogP contribution in [-0.2, 0) is 4.79 Å². The number of unbranched alkanes of at least 4 members (excludes halogenated alkanes) is 1. The normalized spacial score (nSPS) is 25.5. The van der Waals surface area contributed by atoms with Crippen molar-refractivity contribution in [1.29, 1.82) is 0 Å². The molecule has 0 aromatic carbocycles. The van der Waals surface area contributed by atoms with Gasteiger partial charge in [0.25, 0.3) is 0 Å². The Kier molecular flexibility index (Phi) is 6.10. The molecule has 0 saturated heterocycles. The molecule has 1 rings (SSSR count). The number of carbonyl (C=O) groups is 1. The summed E-state index contributed by atoms with van der Waals surface area (Å²) in [5.74, 6) is 1.42. The lowest BCUT2D eigenvalue weighted by molar-refractivity contribution is -0.125. The number of hydrogen-bond donors (Lipinski definition) is 2. The monoisotopic (exact) mass is 230 g/mol. The summed E-state index contributed by atoms with van der Waals surface area (Å²) in [5, 5.41) is 2.99. The Balaban J connectivity index is 2.08. The molecule has 1 amide bonds. The van der Waals surface area contributed by atoms with E-state index in [0.29, 0.717) is 0 Å². The van der Waals surface area contributed by atoms with Crippen LogP contribution in [-0.4, -0.2) is 30.5 Å². The van der Waals surface area contributed by atoms with Crippen molar-refractivity contribution in [2.45, 2.75) is 38.1 Å². The minimum atomic E-state index is 0.0746. The molecule has 0 heterocycles. The zero-order valence-corrected chi connectivity index (χ0v) is 10.3. The van der Waals surface area contributed by atoms with Gasteiger partial charge in [-0.3, -0.25) is 4.79 Å². The summed E-state index contributed by atoms with van der Waals surface area (Å²) in [6.07, 6.45) is 7.44. The van der Waals surface area contributed by atoms with Crippen molar-refractivity contribution >= 4 is 17.7 Å². The Morgan fingerprint density at radius 1 is 1.47 bits per heavy atom. The molecule has 1 fully saturated rings. The first-order valence-electron chi connectivity index (χ1n) is 5.78. The number of nitrogens with one attached hydrogen (secondary N) is 1. The minimum absolute atomic E-state index is 0.0746. The first-order chi connectivity index (χ1) is 7.25. The Bertz CT molecular complexity index is 199. The van der Waals surface area contributed by atoms with Crippen molar-refractivity contribution in [2.75, 3.05) is 18.6 Å². The highest BCUT2D eigenvalue weighted by atomic mass is 32.2. The maximum absolute atomic E-state index is 11.7. The van der Waals surface area contributed by atoms with E-state index in [2.05, 4.69) is 11.6 Å². The summed E-state index contributed by atoms with van der Waals surface area (Å²) in [4.78, 5) is 11.7. The molecule has 3 N–H and O–H groups in total. The van der Waals surface area contributed by atoms with Crippen LogP contribution in [0.25, 0.3) is 0 Å². The molecule has 1 aliphatic rings. The molecule has 0 spiro atoms. The minimum Gasteiger partial charge on any atom is -0.356 e. The molecule has 0 unspecified atom stereocenters. The molecule has 0 radical (unpaired) electrons. The number of thioether (sulfide) groups is 1. The topological polar surface area (TPSA) is 55.1 Å². The van der Waals surface area contributed by atoms with Crippen molar-refractivity contribution < 1.29 is 4.79 Å². The fraction of sp³-hybridized carbons (Fsp3) is 0.909. The molecule has 0 aromatic heterocycles. The zero-order chi connectivity index (χ0) is 11.1. The number of rotatable bonds is 6. The first kappa shape index (κ1) is 12.8.